The number of aromatic nitrogens is 1. The molecule has 16 heavy (non-hydrogen) atoms. The Hall–Kier alpha value is -1.32. The van der Waals surface area contributed by atoms with Gasteiger partial charge in [0.2, 0.25) is 0 Å². The summed E-state index contributed by atoms with van der Waals surface area (Å²) in [6, 6.07) is 7.12. The lowest BCUT2D eigenvalue weighted by molar-refractivity contribution is 0.279. The SMILES string of the molecule is O=c1c2cccc(Cl)c2ccn1CCCO. The fourth-order valence-corrected chi connectivity index (χ4v) is 1.93. The van der Waals surface area contributed by atoms with Gasteiger partial charge in [-0.05, 0) is 24.6 Å². The number of hydrogen-bond acceptors (Lipinski definition) is 2. The number of aliphatic hydroxyl groups excluding tert-OH is 1. The third-order valence-electron chi connectivity index (χ3n) is 2.52. The van der Waals surface area contributed by atoms with E-state index in [1.165, 1.54) is 0 Å². The Labute approximate surface area is 97.9 Å². The van der Waals surface area contributed by atoms with Gasteiger partial charge in [-0.25, -0.2) is 0 Å². The number of fused-ring (bicyclic) bond motifs is 1. The van der Waals surface area contributed by atoms with E-state index in [1.54, 1.807) is 29.0 Å². The Bertz CT molecular complexity index is 562. The summed E-state index contributed by atoms with van der Waals surface area (Å²) < 4.78 is 1.59. The van der Waals surface area contributed by atoms with Gasteiger partial charge in [-0.15, -0.1) is 0 Å². The molecule has 4 heteroatoms. The van der Waals surface area contributed by atoms with Gasteiger partial charge in [0.1, 0.15) is 0 Å². The summed E-state index contributed by atoms with van der Waals surface area (Å²) >= 11 is 6.00. The van der Waals surface area contributed by atoms with Crippen molar-refractivity contribution in [1.82, 2.24) is 4.57 Å². The maximum atomic E-state index is 12.0. The average molecular weight is 238 g/mol. The van der Waals surface area contributed by atoms with Crippen molar-refractivity contribution in [3.63, 3.8) is 0 Å². The van der Waals surface area contributed by atoms with Gasteiger partial charge in [0.05, 0.1) is 0 Å². The molecule has 0 aliphatic carbocycles. The van der Waals surface area contributed by atoms with Gasteiger partial charge in [0.15, 0.2) is 0 Å². The molecule has 84 valence electrons. The van der Waals surface area contributed by atoms with Crippen molar-refractivity contribution in [1.29, 1.82) is 0 Å². The van der Waals surface area contributed by atoms with Crippen LogP contribution in [0.1, 0.15) is 6.42 Å². The first-order valence-electron chi connectivity index (χ1n) is 5.12. The van der Waals surface area contributed by atoms with E-state index in [1.807, 2.05) is 6.07 Å². The van der Waals surface area contributed by atoms with Gasteiger partial charge in [0.25, 0.3) is 5.56 Å². The van der Waals surface area contributed by atoms with Crippen molar-refractivity contribution >= 4 is 22.4 Å². The van der Waals surface area contributed by atoms with Crippen LogP contribution in [0.15, 0.2) is 35.3 Å². The van der Waals surface area contributed by atoms with E-state index in [0.29, 0.717) is 23.4 Å². The van der Waals surface area contributed by atoms with Gasteiger partial charge >= 0.3 is 0 Å². The zero-order valence-electron chi connectivity index (χ0n) is 8.69. The molecular weight excluding hydrogens is 226 g/mol. The van der Waals surface area contributed by atoms with E-state index in [2.05, 4.69) is 0 Å². The number of hydrogen-bond donors (Lipinski definition) is 1. The molecule has 0 spiro atoms. The normalized spacial score (nSPS) is 10.9. The number of benzene rings is 1. The van der Waals surface area contributed by atoms with E-state index in [4.69, 9.17) is 16.7 Å². The summed E-state index contributed by atoms with van der Waals surface area (Å²) in [5, 5.41) is 10.7. The molecule has 2 aromatic rings. The number of rotatable bonds is 3. The summed E-state index contributed by atoms with van der Waals surface area (Å²) in [6.45, 7) is 0.609. The molecule has 0 amide bonds. The average Bonchev–Trinajstić information content (AvgIpc) is 2.29. The monoisotopic (exact) mass is 237 g/mol. The second-order valence-corrected chi connectivity index (χ2v) is 4.00. The summed E-state index contributed by atoms with van der Waals surface area (Å²) in [7, 11) is 0. The largest absolute Gasteiger partial charge is 0.396 e. The van der Waals surface area contributed by atoms with Crippen LogP contribution in [0.2, 0.25) is 5.02 Å². The van der Waals surface area contributed by atoms with Crippen LogP contribution in [-0.4, -0.2) is 16.3 Å². The molecule has 1 aromatic heterocycles. The maximum Gasteiger partial charge on any atom is 0.258 e. The molecule has 0 aliphatic rings. The van der Waals surface area contributed by atoms with E-state index in [0.717, 1.165) is 5.39 Å². The molecule has 3 nitrogen and oxygen atoms in total. The highest BCUT2D eigenvalue weighted by Gasteiger charge is 2.04. The van der Waals surface area contributed by atoms with E-state index in [9.17, 15) is 4.79 Å². The molecule has 0 fully saturated rings. The third kappa shape index (κ3) is 1.96. The van der Waals surface area contributed by atoms with Crippen molar-refractivity contribution in [2.45, 2.75) is 13.0 Å². The molecule has 2 rings (SSSR count). The fraction of sp³-hybridized carbons (Fsp3) is 0.250. The van der Waals surface area contributed by atoms with E-state index in [-0.39, 0.29) is 12.2 Å². The van der Waals surface area contributed by atoms with Gasteiger partial charge in [-0.1, -0.05) is 17.7 Å². The lowest BCUT2D eigenvalue weighted by atomic mass is 10.2. The van der Waals surface area contributed by atoms with Gasteiger partial charge in [0, 0.05) is 35.1 Å². The Kier molecular flexibility index (Phi) is 3.27. The Morgan fingerprint density at radius 2 is 2.06 bits per heavy atom. The lowest BCUT2D eigenvalue weighted by Gasteiger charge is -2.06. The topological polar surface area (TPSA) is 42.2 Å². The van der Waals surface area contributed by atoms with Gasteiger partial charge in [-0.2, -0.15) is 0 Å². The van der Waals surface area contributed by atoms with Crippen LogP contribution >= 0.6 is 11.6 Å². The summed E-state index contributed by atoms with van der Waals surface area (Å²) in [4.78, 5) is 12.0. The van der Waals surface area contributed by atoms with Crippen LogP contribution in [0, 0.1) is 0 Å². The zero-order chi connectivity index (χ0) is 11.5. The predicted molar refractivity (Wildman–Crippen MR) is 64.9 cm³/mol. The number of nitrogens with zero attached hydrogens (tertiary/aromatic N) is 1. The molecule has 1 heterocycles. The molecule has 0 saturated heterocycles. The first kappa shape index (κ1) is 11.2. The van der Waals surface area contributed by atoms with Crippen LogP contribution in [0.3, 0.4) is 0 Å². The highest BCUT2D eigenvalue weighted by Crippen LogP contribution is 2.20. The highest BCUT2D eigenvalue weighted by atomic mass is 35.5. The standard InChI is InChI=1S/C12H12ClNO2/c13-11-4-1-3-10-9(11)5-7-14(12(10)16)6-2-8-15/h1,3-5,7,15H,2,6,8H2. The number of aryl methyl sites for hydroxylation is 1. The molecule has 0 aliphatic heterocycles. The van der Waals surface area contributed by atoms with Crippen LogP contribution in [0.5, 0.6) is 0 Å². The number of halogens is 1. The first-order valence-corrected chi connectivity index (χ1v) is 5.50. The van der Waals surface area contributed by atoms with Crippen molar-refractivity contribution in [3.05, 3.63) is 45.8 Å². The van der Waals surface area contributed by atoms with Crippen molar-refractivity contribution < 1.29 is 5.11 Å². The third-order valence-corrected chi connectivity index (χ3v) is 2.85. The molecular formula is C12H12ClNO2. The van der Waals surface area contributed by atoms with Gasteiger partial charge < -0.3 is 9.67 Å². The second-order valence-electron chi connectivity index (χ2n) is 3.59. The smallest absolute Gasteiger partial charge is 0.258 e. The van der Waals surface area contributed by atoms with Crippen molar-refractivity contribution in [2.24, 2.45) is 0 Å². The first-order chi connectivity index (χ1) is 7.74. The van der Waals surface area contributed by atoms with E-state index >= 15 is 0 Å². The quantitative estimate of drug-likeness (QED) is 0.888. The minimum Gasteiger partial charge on any atom is -0.396 e. The Morgan fingerprint density at radius 3 is 2.81 bits per heavy atom. The predicted octanol–water partition coefficient (Wildman–Crippen LogP) is 2.04. The van der Waals surface area contributed by atoms with E-state index < -0.39 is 0 Å². The van der Waals surface area contributed by atoms with Crippen LogP contribution in [0.25, 0.3) is 10.8 Å². The second kappa shape index (κ2) is 4.68. The minimum absolute atomic E-state index is 0.0616. The van der Waals surface area contributed by atoms with Gasteiger partial charge in [-0.3, -0.25) is 4.79 Å². The van der Waals surface area contributed by atoms with Crippen molar-refractivity contribution in [2.75, 3.05) is 6.61 Å². The van der Waals surface area contributed by atoms with Crippen LogP contribution < -0.4 is 5.56 Å². The summed E-state index contributed by atoms with van der Waals surface area (Å²) in [5.74, 6) is 0. The summed E-state index contributed by atoms with van der Waals surface area (Å²) in [6.07, 6.45) is 2.29. The lowest BCUT2D eigenvalue weighted by Crippen LogP contribution is -2.19. The highest BCUT2D eigenvalue weighted by molar-refractivity contribution is 6.35. The maximum absolute atomic E-state index is 12.0. The Balaban J connectivity index is 2.57. The summed E-state index contributed by atoms with van der Waals surface area (Å²) in [5.41, 5.74) is -0.0616. The molecule has 1 N–H and O–H groups in total. The molecule has 0 atom stereocenters. The zero-order valence-corrected chi connectivity index (χ0v) is 9.44. The fourth-order valence-electron chi connectivity index (χ4n) is 1.70. The number of pyridine rings is 1. The van der Waals surface area contributed by atoms with Crippen LogP contribution in [-0.2, 0) is 6.54 Å². The molecule has 1 aromatic carbocycles. The van der Waals surface area contributed by atoms with Crippen molar-refractivity contribution in [3.8, 4) is 0 Å². The molecule has 0 unspecified atom stereocenters. The molecule has 0 saturated carbocycles. The molecule has 0 bridgehead atoms. The Morgan fingerprint density at radius 1 is 1.25 bits per heavy atom. The molecule has 0 radical (unpaired) electrons. The minimum atomic E-state index is -0.0616. The number of aliphatic hydroxyl groups is 1. The van der Waals surface area contributed by atoms with Crippen LogP contribution in [0.4, 0.5) is 0 Å².